The summed E-state index contributed by atoms with van der Waals surface area (Å²) in [6, 6.07) is 18.7. The van der Waals surface area contributed by atoms with Crippen molar-refractivity contribution in [2.24, 2.45) is 5.10 Å². The fourth-order valence-corrected chi connectivity index (χ4v) is 4.65. The van der Waals surface area contributed by atoms with Crippen molar-refractivity contribution in [3.63, 3.8) is 0 Å². The Hall–Kier alpha value is -5.22. The van der Waals surface area contributed by atoms with Crippen LogP contribution >= 0.6 is 11.6 Å². The van der Waals surface area contributed by atoms with Gasteiger partial charge >= 0.3 is 5.97 Å². The molecule has 0 aliphatic heterocycles. The molecule has 0 atom stereocenters. The number of rotatable bonds is 10. The molecule has 2 aromatic heterocycles. The highest BCUT2D eigenvalue weighted by Gasteiger charge is 2.25. The summed E-state index contributed by atoms with van der Waals surface area (Å²) in [7, 11) is 3.09. The Morgan fingerprint density at radius 2 is 1.74 bits per heavy atom. The van der Waals surface area contributed by atoms with Gasteiger partial charge in [0.2, 0.25) is 5.76 Å². The Morgan fingerprint density at radius 1 is 0.976 bits per heavy atom. The molecule has 0 saturated carbocycles. The topological polar surface area (TPSA) is 124 Å². The molecule has 1 amide bonds. The lowest BCUT2D eigenvalue weighted by Crippen LogP contribution is -2.19. The summed E-state index contributed by atoms with van der Waals surface area (Å²) in [5.41, 5.74) is 5.11. The van der Waals surface area contributed by atoms with E-state index in [0.717, 1.165) is 0 Å². The normalized spacial score (nSPS) is 11.0. The number of nitrogens with zero attached hydrogens (tertiary/aromatic N) is 1. The number of hydrogen-bond donors (Lipinski definition) is 2. The summed E-state index contributed by atoms with van der Waals surface area (Å²) in [5.74, 6) is 0.488. The van der Waals surface area contributed by atoms with E-state index in [4.69, 9.17) is 35.0 Å². The van der Waals surface area contributed by atoms with Crippen LogP contribution in [0, 0.1) is 0 Å². The Kier molecular flexibility index (Phi) is 8.44. The molecule has 3 aromatic carbocycles. The largest absolute Gasteiger partial charge is 0.496 e. The Morgan fingerprint density at radius 3 is 2.45 bits per heavy atom. The van der Waals surface area contributed by atoms with E-state index in [-0.39, 0.29) is 17.2 Å². The smallest absolute Gasteiger partial charge is 0.379 e. The average Bonchev–Trinajstić information content (AvgIpc) is 3.68. The van der Waals surface area contributed by atoms with Gasteiger partial charge in [0.05, 0.1) is 44.2 Å². The van der Waals surface area contributed by atoms with Crippen molar-refractivity contribution in [1.82, 2.24) is 10.4 Å². The van der Waals surface area contributed by atoms with Crippen LogP contribution in [-0.4, -0.2) is 43.9 Å². The first kappa shape index (κ1) is 28.3. The summed E-state index contributed by atoms with van der Waals surface area (Å²) < 4.78 is 27.3. The van der Waals surface area contributed by atoms with Crippen LogP contribution in [0.15, 0.2) is 82.5 Å². The number of halogens is 1. The number of furan rings is 1. The van der Waals surface area contributed by atoms with Crippen LogP contribution in [0.3, 0.4) is 0 Å². The maximum atomic E-state index is 13.5. The summed E-state index contributed by atoms with van der Waals surface area (Å²) in [6.07, 6.45) is 2.83. The van der Waals surface area contributed by atoms with E-state index in [1.54, 1.807) is 63.6 Å². The molecule has 5 aromatic rings. The first-order chi connectivity index (χ1) is 20.4. The molecule has 0 fully saturated rings. The number of methoxy groups -OCH3 is 2. The van der Waals surface area contributed by atoms with Crippen LogP contribution in [0.1, 0.15) is 33.5 Å². The zero-order valence-corrected chi connectivity index (χ0v) is 23.7. The number of nitrogens with one attached hydrogen (secondary N) is 2. The number of carbonyl (C=O) groups excluding carboxylic acids is 2. The number of amides is 1. The molecular weight excluding hydrogens is 562 g/mol. The summed E-state index contributed by atoms with van der Waals surface area (Å²) in [6.45, 7) is 2.14. The van der Waals surface area contributed by atoms with Crippen molar-refractivity contribution >= 4 is 40.6 Å². The van der Waals surface area contributed by atoms with E-state index < -0.39 is 11.9 Å². The number of hydrogen-bond acceptors (Lipinski definition) is 8. The SMILES string of the molecule is CCOc1cc(C=NNC(=O)c2[nH]c3c(OC)ccc(OC)c3c2-c2ccccc2Cl)ccc1OC(=O)c1ccco1. The number of fused-ring (bicyclic) bond motifs is 1. The maximum Gasteiger partial charge on any atom is 0.379 e. The number of aromatic amines is 1. The molecule has 5 rings (SSSR count). The van der Waals surface area contributed by atoms with Crippen LogP contribution < -0.4 is 24.4 Å². The quantitative estimate of drug-likeness (QED) is 0.0829. The minimum Gasteiger partial charge on any atom is -0.496 e. The summed E-state index contributed by atoms with van der Waals surface area (Å²) in [5, 5.41) is 5.24. The van der Waals surface area contributed by atoms with Crippen LogP contribution in [0.25, 0.3) is 22.0 Å². The van der Waals surface area contributed by atoms with E-state index in [2.05, 4.69) is 15.5 Å². The molecule has 2 heterocycles. The van der Waals surface area contributed by atoms with E-state index in [1.807, 2.05) is 18.2 Å². The zero-order chi connectivity index (χ0) is 29.6. The Labute approximate surface area is 245 Å². The highest BCUT2D eigenvalue weighted by atomic mass is 35.5. The van der Waals surface area contributed by atoms with Crippen molar-refractivity contribution < 1.29 is 33.0 Å². The molecule has 10 nitrogen and oxygen atoms in total. The van der Waals surface area contributed by atoms with Crippen LogP contribution in [0.4, 0.5) is 0 Å². The van der Waals surface area contributed by atoms with Gasteiger partial charge in [0.1, 0.15) is 17.2 Å². The number of H-pyrrole nitrogens is 1. The standard InChI is InChI=1S/C31H26ClN3O7/c1-4-40-25-16-18(11-12-21(25)42-31(37)24-10-7-15-41-24)17-33-35-30(36)29-26(19-8-5-6-9-20(19)32)27-22(38-2)13-14-23(39-3)28(27)34-29/h5-17,34H,4H2,1-3H3,(H,35,36). The molecule has 11 heteroatoms. The molecular formula is C31H26ClN3O7. The second kappa shape index (κ2) is 12.5. The number of aromatic nitrogens is 1. The number of hydrazone groups is 1. The number of benzene rings is 3. The molecule has 0 aliphatic carbocycles. The second-order valence-corrected chi connectivity index (χ2v) is 9.19. The van der Waals surface area contributed by atoms with Gasteiger partial charge in [-0.05, 0) is 61.0 Å². The van der Waals surface area contributed by atoms with Crippen molar-refractivity contribution in [3.05, 3.63) is 95.0 Å². The van der Waals surface area contributed by atoms with Crippen molar-refractivity contribution in [3.8, 4) is 34.1 Å². The summed E-state index contributed by atoms with van der Waals surface area (Å²) >= 11 is 6.56. The van der Waals surface area contributed by atoms with Crippen LogP contribution in [0.5, 0.6) is 23.0 Å². The molecule has 0 bridgehead atoms. The molecule has 0 unspecified atom stereocenters. The lowest BCUT2D eigenvalue weighted by atomic mass is 10.0. The minimum absolute atomic E-state index is 0.0641. The van der Waals surface area contributed by atoms with Gasteiger partial charge in [-0.2, -0.15) is 5.10 Å². The van der Waals surface area contributed by atoms with Gasteiger partial charge in [-0.15, -0.1) is 0 Å². The third kappa shape index (κ3) is 5.65. The molecule has 0 aliphatic rings. The highest BCUT2D eigenvalue weighted by Crippen LogP contribution is 2.44. The third-order valence-electron chi connectivity index (χ3n) is 6.26. The molecule has 0 spiro atoms. The number of carbonyl (C=O) groups is 2. The predicted molar refractivity (Wildman–Crippen MR) is 158 cm³/mol. The van der Waals surface area contributed by atoms with E-state index in [0.29, 0.717) is 56.5 Å². The van der Waals surface area contributed by atoms with Crippen molar-refractivity contribution in [2.75, 3.05) is 20.8 Å². The van der Waals surface area contributed by atoms with Gasteiger partial charge in [0.25, 0.3) is 5.91 Å². The van der Waals surface area contributed by atoms with Gasteiger partial charge < -0.3 is 28.3 Å². The predicted octanol–water partition coefficient (Wildman–Crippen LogP) is 6.48. The van der Waals surface area contributed by atoms with Gasteiger partial charge in [-0.3, -0.25) is 4.79 Å². The monoisotopic (exact) mass is 587 g/mol. The first-order valence-corrected chi connectivity index (χ1v) is 13.2. The van der Waals surface area contributed by atoms with Crippen LogP contribution in [-0.2, 0) is 0 Å². The highest BCUT2D eigenvalue weighted by molar-refractivity contribution is 6.34. The minimum atomic E-state index is -0.657. The maximum absolute atomic E-state index is 13.5. The zero-order valence-electron chi connectivity index (χ0n) is 22.9. The third-order valence-corrected chi connectivity index (χ3v) is 6.59. The van der Waals surface area contributed by atoms with E-state index >= 15 is 0 Å². The van der Waals surface area contributed by atoms with Gasteiger partial charge in [-0.25, -0.2) is 10.2 Å². The Balaban J connectivity index is 1.45. The Bertz CT molecular complexity index is 1780. The van der Waals surface area contributed by atoms with E-state index in [9.17, 15) is 9.59 Å². The molecule has 42 heavy (non-hydrogen) atoms. The van der Waals surface area contributed by atoms with Crippen LogP contribution in [0.2, 0.25) is 5.02 Å². The molecule has 0 radical (unpaired) electrons. The fourth-order valence-electron chi connectivity index (χ4n) is 4.42. The van der Waals surface area contributed by atoms with Crippen molar-refractivity contribution in [1.29, 1.82) is 0 Å². The van der Waals surface area contributed by atoms with Gasteiger partial charge in [0, 0.05) is 16.1 Å². The molecule has 214 valence electrons. The van der Waals surface area contributed by atoms with E-state index in [1.165, 1.54) is 18.5 Å². The summed E-state index contributed by atoms with van der Waals surface area (Å²) in [4.78, 5) is 29.0. The van der Waals surface area contributed by atoms with Crippen molar-refractivity contribution in [2.45, 2.75) is 6.92 Å². The lowest BCUT2D eigenvalue weighted by Gasteiger charge is -2.10. The molecule has 2 N–H and O–H groups in total. The fraction of sp³-hybridized carbons (Fsp3) is 0.129. The number of ether oxygens (including phenoxy) is 4. The second-order valence-electron chi connectivity index (χ2n) is 8.78. The average molecular weight is 588 g/mol. The lowest BCUT2D eigenvalue weighted by molar-refractivity contribution is 0.0695. The van der Waals surface area contributed by atoms with Gasteiger partial charge in [-0.1, -0.05) is 29.8 Å². The number of esters is 1. The first-order valence-electron chi connectivity index (χ1n) is 12.8. The van der Waals surface area contributed by atoms with Gasteiger partial charge in [0.15, 0.2) is 11.5 Å². The molecule has 0 saturated heterocycles.